The molecule has 1 aromatic heterocycles. The van der Waals surface area contributed by atoms with E-state index in [1.54, 1.807) is 42.5 Å². The molecule has 1 heterocycles. The van der Waals surface area contributed by atoms with Gasteiger partial charge in [-0.3, -0.25) is 4.90 Å². The van der Waals surface area contributed by atoms with Crippen LogP contribution < -0.4 is 9.47 Å². The lowest BCUT2D eigenvalue weighted by Gasteiger charge is -2.39. The van der Waals surface area contributed by atoms with E-state index in [4.69, 9.17) is 9.47 Å². The largest absolute Gasteiger partial charge is 0.447 e. The van der Waals surface area contributed by atoms with E-state index in [0.29, 0.717) is 11.9 Å². The van der Waals surface area contributed by atoms with Crippen molar-refractivity contribution in [3.05, 3.63) is 78.0 Å². The summed E-state index contributed by atoms with van der Waals surface area (Å²) in [5.74, 6) is 0.314. The van der Waals surface area contributed by atoms with Gasteiger partial charge in [0.05, 0.1) is 5.56 Å². The number of nitrogens with zero attached hydrogens (tertiary/aromatic N) is 2. The quantitative estimate of drug-likeness (QED) is 0.657. The van der Waals surface area contributed by atoms with Gasteiger partial charge in [-0.25, -0.2) is 9.78 Å². The first kappa shape index (κ1) is 20.4. The molecule has 1 unspecified atom stereocenters. The van der Waals surface area contributed by atoms with Crippen molar-refractivity contribution in [2.45, 2.75) is 25.2 Å². The highest BCUT2D eigenvalue weighted by Crippen LogP contribution is 2.33. The average molecular weight is 404 g/mol. The van der Waals surface area contributed by atoms with Gasteiger partial charge in [-0.2, -0.15) is 13.2 Å². The van der Waals surface area contributed by atoms with Crippen LogP contribution in [0.15, 0.2) is 72.5 Å². The molecule has 1 amide bonds. The fraction of sp³-hybridized carbons (Fsp3) is 0.238. The van der Waals surface area contributed by atoms with E-state index in [1.807, 2.05) is 13.0 Å². The minimum Gasteiger partial charge on any atom is -0.447 e. The number of pyridine rings is 1. The molecule has 0 fully saturated rings. The van der Waals surface area contributed by atoms with Gasteiger partial charge in [0.25, 0.3) is 0 Å². The number of alkyl halides is 3. The molecular weight excluding hydrogens is 385 g/mol. The van der Waals surface area contributed by atoms with Crippen LogP contribution in [-0.4, -0.2) is 28.7 Å². The molecule has 1 atom stereocenters. The highest BCUT2D eigenvalue weighted by Gasteiger charge is 2.40. The number of carbonyl (C=O) groups is 1. The predicted molar refractivity (Wildman–Crippen MR) is 100 cm³/mol. The van der Waals surface area contributed by atoms with Crippen molar-refractivity contribution in [1.29, 1.82) is 0 Å². The molecule has 1 aliphatic rings. The minimum atomic E-state index is -4.50. The standard InChI is InChI=1S/C21H19F3N2O3/c1-15-10-12-20(13-11-15,26(2)19(27)28-17-6-4-3-5-7-17)29-18-9-8-16(14-25-18)21(22,23)24/h3-12,14H,13H2,1-2H3. The van der Waals surface area contributed by atoms with E-state index in [0.717, 1.165) is 17.7 Å². The van der Waals surface area contributed by atoms with Crippen LogP contribution in [-0.2, 0) is 6.18 Å². The van der Waals surface area contributed by atoms with E-state index in [9.17, 15) is 18.0 Å². The Morgan fingerprint density at radius 3 is 2.45 bits per heavy atom. The van der Waals surface area contributed by atoms with Gasteiger partial charge in [-0.1, -0.05) is 35.9 Å². The topological polar surface area (TPSA) is 51.7 Å². The lowest BCUT2D eigenvalue weighted by Crippen LogP contribution is -2.54. The fourth-order valence-electron chi connectivity index (χ4n) is 2.70. The number of halogens is 3. The predicted octanol–water partition coefficient (Wildman–Crippen LogP) is 5.21. The molecule has 0 aliphatic heterocycles. The summed E-state index contributed by atoms with van der Waals surface area (Å²) >= 11 is 0. The zero-order valence-corrected chi connectivity index (χ0v) is 15.8. The SMILES string of the molecule is CC1=CCC(Oc2ccc(C(F)(F)F)cn2)(N(C)C(=O)Oc2ccccc2)C=C1. The van der Waals surface area contributed by atoms with E-state index in [2.05, 4.69) is 4.98 Å². The minimum absolute atomic E-state index is 0.0463. The molecule has 0 radical (unpaired) electrons. The van der Waals surface area contributed by atoms with Crippen molar-refractivity contribution in [1.82, 2.24) is 9.88 Å². The Kier molecular flexibility index (Phi) is 5.63. The van der Waals surface area contributed by atoms with Gasteiger partial charge >= 0.3 is 12.3 Å². The normalized spacial score (nSPS) is 18.7. The molecule has 29 heavy (non-hydrogen) atoms. The summed E-state index contributed by atoms with van der Waals surface area (Å²) in [5.41, 5.74) is -1.21. The zero-order valence-electron chi connectivity index (χ0n) is 15.8. The third kappa shape index (κ3) is 4.77. The lowest BCUT2D eigenvalue weighted by molar-refractivity contribution is -0.137. The molecular formula is C21H19F3N2O3. The third-order valence-corrected chi connectivity index (χ3v) is 4.46. The van der Waals surface area contributed by atoms with Gasteiger partial charge < -0.3 is 9.47 Å². The molecule has 2 aromatic rings. The summed E-state index contributed by atoms with van der Waals surface area (Å²) in [6, 6.07) is 10.5. The monoisotopic (exact) mass is 404 g/mol. The maximum Gasteiger partial charge on any atom is 0.418 e. The summed E-state index contributed by atoms with van der Waals surface area (Å²) in [4.78, 5) is 17.7. The van der Waals surface area contributed by atoms with Crippen molar-refractivity contribution in [3.63, 3.8) is 0 Å². The van der Waals surface area contributed by atoms with Crippen LogP contribution in [0.4, 0.5) is 18.0 Å². The van der Waals surface area contributed by atoms with E-state index in [1.165, 1.54) is 11.9 Å². The second kappa shape index (κ2) is 7.98. The second-order valence-corrected chi connectivity index (χ2v) is 6.56. The number of hydrogen-bond acceptors (Lipinski definition) is 4. The molecule has 1 aliphatic carbocycles. The first-order valence-corrected chi connectivity index (χ1v) is 8.79. The number of benzene rings is 1. The molecule has 5 nitrogen and oxygen atoms in total. The molecule has 0 bridgehead atoms. The maximum atomic E-state index is 12.8. The zero-order chi connectivity index (χ0) is 21.1. The number of aromatic nitrogens is 1. The van der Waals surface area contributed by atoms with Crippen molar-refractivity contribution in [2.24, 2.45) is 0 Å². The molecule has 3 rings (SSSR count). The third-order valence-electron chi connectivity index (χ3n) is 4.46. The lowest BCUT2D eigenvalue weighted by atomic mass is 9.99. The van der Waals surface area contributed by atoms with Crippen LogP contribution in [0.3, 0.4) is 0 Å². The van der Waals surface area contributed by atoms with Crippen LogP contribution in [0, 0.1) is 0 Å². The van der Waals surface area contributed by atoms with Crippen LogP contribution in [0.25, 0.3) is 0 Å². The van der Waals surface area contributed by atoms with Crippen LogP contribution in [0.2, 0.25) is 0 Å². The number of para-hydroxylation sites is 1. The van der Waals surface area contributed by atoms with Gasteiger partial charge in [0.2, 0.25) is 11.6 Å². The first-order chi connectivity index (χ1) is 13.7. The Bertz CT molecular complexity index is 924. The highest BCUT2D eigenvalue weighted by atomic mass is 19.4. The summed E-state index contributed by atoms with van der Waals surface area (Å²) < 4.78 is 49.6. The van der Waals surface area contributed by atoms with E-state index >= 15 is 0 Å². The number of amides is 1. The summed E-state index contributed by atoms with van der Waals surface area (Å²) in [5, 5.41) is 0. The Morgan fingerprint density at radius 2 is 1.90 bits per heavy atom. The number of carbonyl (C=O) groups excluding carboxylic acids is 1. The van der Waals surface area contributed by atoms with Crippen molar-refractivity contribution in [2.75, 3.05) is 7.05 Å². The Hall–Kier alpha value is -3.29. The number of hydrogen-bond donors (Lipinski definition) is 0. The van der Waals surface area contributed by atoms with Gasteiger partial charge in [0, 0.05) is 25.7 Å². The summed E-state index contributed by atoms with van der Waals surface area (Å²) in [7, 11) is 1.49. The Labute approximate surface area is 166 Å². The molecule has 1 aromatic carbocycles. The number of rotatable bonds is 4. The van der Waals surface area contributed by atoms with Gasteiger partial charge in [-0.05, 0) is 31.2 Å². The van der Waals surface area contributed by atoms with Crippen molar-refractivity contribution in [3.8, 4) is 11.6 Å². The first-order valence-electron chi connectivity index (χ1n) is 8.79. The van der Waals surface area contributed by atoms with Crippen LogP contribution in [0.1, 0.15) is 18.9 Å². The Morgan fingerprint density at radius 1 is 1.17 bits per heavy atom. The molecule has 0 saturated heterocycles. The van der Waals surface area contributed by atoms with Gasteiger partial charge in [-0.15, -0.1) is 0 Å². The average Bonchev–Trinajstić information content (AvgIpc) is 2.70. The maximum absolute atomic E-state index is 12.8. The summed E-state index contributed by atoms with van der Waals surface area (Å²) in [6.45, 7) is 1.89. The van der Waals surface area contributed by atoms with Crippen LogP contribution >= 0.6 is 0 Å². The summed E-state index contributed by atoms with van der Waals surface area (Å²) in [6.07, 6.45) is 1.08. The number of ether oxygens (including phenoxy) is 2. The van der Waals surface area contributed by atoms with Gasteiger partial charge in [0.1, 0.15) is 5.75 Å². The van der Waals surface area contributed by atoms with E-state index in [-0.39, 0.29) is 12.3 Å². The number of likely N-dealkylation sites (N-methyl/N-ethyl adjacent to an activating group) is 1. The number of allylic oxidation sites excluding steroid dienone is 2. The molecule has 0 spiro atoms. The van der Waals surface area contributed by atoms with Crippen molar-refractivity contribution < 1.29 is 27.4 Å². The highest BCUT2D eigenvalue weighted by molar-refractivity contribution is 5.71. The fourth-order valence-corrected chi connectivity index (χ4v) is 2.70. The second-order valence-electron chi connectivity index (χ2n) is 6.56. The van der Waals surface area contributed by atoms with Crippen molar-refractivity contribution >= 4 is 6.09 Å². The smallest absolute Gasteiger partial charge is 0.418 e. The molecule has 0 N–H and O–H groups in total. The Balaban J connectivity index is 1.84. The van der Waals surface area contributed by atoms with E-state index < -0.39 is 23.6 Å². The molecule has 0 saturated carbocycles. The molecule has 152 valence electrons. The van der Waals surface area contributed by atoms with Gasteiger partial charge in [0.15, 0.2) is 0 Å². The van der Waals surface area contributed by atoms with Crippen LogP contribution in [0.5, 0.6) is 11.6 Å². The molecule has 8 heteroatoms.